The SMILES string of the molecule is COc1cc2c(cc1OC)C1C(=O)c3ccc4c(c3OC1CO2)C[C@@H](/C(C)=C/I)O4. The third-order valence-corrected chi connectivity index (χ3v) is 6.98. The molecule has 0 bridgehead atoms. The number of hydrogen-bond acceptors (Lipinski definition) is 6. The fourth-order valence-electron chi connectivity index (χ4n) is 4.39. The highest BCUT2D eigenvalue weighted by Gasteiger charge is 2.45. The van der Waals surface area contributed by atoms with Gasteiger partial charge in [-0.25, -0.2) is 0 Å². The van der Waals surface area contributed by atoms with Crippen LogP contribution < -0.4 is 23.7 Å². The van der Waals surface area contributed by atoms with E-state index in [4.69, 9.17) is 23.7 Å². The van der Waals surface area contributed by atoms with Gasteiger partial charge in [0.15, 0.2) is 17.3 Å². The van der Waals surface area contributed by atoms with Gasteiger partial charge in [-0.05, 0) is 34.8 Å². The number of halogens is 1. The van der Waals surface area contributed by atoms with Crippen LogP contribution in [0.25, 0.3) is 0 Å². The summed E-state index contributed by atoms with van der Waals surface area (Å²) in [5, 5.41) is 0. The Morgan fingerprint density at radius 3 is 2.63 bits per heavy atom. The number of ketones is 1. The van der Waals surface area contributed by atoms with Gasteiger partial charge in [0.05, 0.1) is 25.7 Å². The molecule has 0 saturated heterocycles. The number of methoxy groups -OCH3 is 2. The molecule has 6 nitrogen and oxygen atoms in total. The standard InChI is InChI=1S/C23H21IO6/c1-11(9-24)16-7-14-15(29-16)5-4-12-22(25)21-13-6-18(26-2)19(27-3)8-17(13)28-10-20(21)30-23(12)14/h4-6,8-9,16,20-21H,7,10H2,1-3H3/b11-9+/t16-,20?,21?/m0/s1. The summed E-state index contributed by atoms with van der Waals surface area (Å²) in [5.74, 6) is 2.76. The van der Waals surface area contributed by atoms with Crippen molar-refractivity contribution >= 4 is 28.4 Å². The number of fused-ring (bicyclic) bond motifs is 6. The van der Waals surface area contributed by atoms with Gasteiger partial charge in [-0.2, -0.15) is 0 Å². The number of Topliss-reactive ketones (excluding diaryl/α,β-unsaturated/α-hetero) is 1. The van der Waals surface area contributed by atoms with Crippen molar-refractivity contribution in [3.8, 4) is 28.7 Å². The summed E-state index contributed by atoms with van der Waals surface area (Å²) in [6.07, 6.45) is 0.263. The number of rotatable bonds is 3. The molecule has 3 atom stereocenters. The molecule has 0 amide bonds. The molecule has 3 aliphatic heterocycles. The molecule has 2 unspecified atom stereocenters. The second-order valence-electron chi connectivity index (χ2n) is 7.64. The quantitative estimate of drug-likeness (QED) is 0.557. The molecule has 3 aliphatic rings. The number of carbonyl (C=O) groups excluding carboxylic acids is 1. The average molecular weight is 520 g/mol. The molecule has 2 aromatic carbocycles. The average Bonchev–Trinajstić information content (AvgIpc) is 3.22. The molecular formula is C23H21IO6. The first kappa shape index (κ1) is 19.5. The van der Waals surface area contributed by atoms with Crippen molar-refractivity contribution in [2.24, 2.45) is 0 Å². The molecule has 0 aliphatic carbocycles. The van der Waals surface area contributed by atoms with Crippen LogP contribution in [0, 0.1) is 0 Å². The van der Waals surface area contributed by atoms with Crippen molar-refractivity contribution in [2.75, 3.05) is 20.8 Å². The molecule has 0 fully saturated rings. The summed E-state index contributed by atoms with van der Waals surface area (Å²) >= 11 is 2.22. The van der Waals surface area contributed by atoms with Crippen molar-refractivity contribution in [3.05, 3.63) is 50.6 Å². The van der Waals surface area contributed by atoms with E-state index in [-0.39, 0.29) is 11.9 Å². The minimum atomic E-state index is -0.451. The first-order chi connectivity index (χ1) is 14.5. The Balaban J connectivity index is 1.56. The second-order valence-corrected chi connectivity index (χ2v) is 8.26. The lowest BCUT2D eigenvalue weighted by molar-refractivity contribution is 0.0554. The highest BCUT2D eigenvalue weighted by atomic mass is 127. The predicted octanol–water partition coefficient (Wildman–Crippen LogP) is 4.47. The van der Waals surface area contributed by atoms with Crippen LogP contribution in [0.15, 0.2) is 33.9 Å². The molecule has 0 N–H and O–H groups in total. The van der Waals surface area contributed by atoms with E-state index in [2.05, 4.69) is 22.6 Å². The van der Waals surface area contributed by atoms with E-state index in [0.29, 0.717) is 41.6 Å². The van der Waals surface area contributed by atoms with E-state index in [1.54, 1.807) is 20.3 Å². The van der Waals surface area contributed by atoms with E-state index in [9.17, 15) is 4.79 Å². The molecule has 0 radical (unpaired) electrons. The Labute approximate surface area is 188 Å². The molecule has 3 heterocycles. The minimum Gasteiger partial charge on any atom is -0.493 e. The summed E-state index contributed by atoms with van der Waals surface area (Å²) in [7, 11) is 3.15. The number of ether oxygens (including phenoxy) is 5. The Morgan fingerprint density at radius 2 is 1.90 bits per heavy atom. The second kappa shape index (κ2) is 7.37. The Hall–Kier alpha value is -2.42. The van der Waals surface area contributed by atoms with Gasteiger partial charge in [-0.15, -0.1) is 0 Å². The maximum atomic E-state index is 13.6. The molecule has 0 saturated carbocycles. The third kappa shape index (κ3) is 2.85. The van der Waals surface area contributed by atoms with Crippen molar-refractivity contribution in [1.82, 2.24) is 0 Å². The monoisotopic (exact) mass is 520 g/mol. The molecule has 30 heavy (non-hydrogen) atoms. The molecule has 5 rings (SSSR count). The molecular weight excluding hydrogens is 499 g/mol. The summed E-state index contributed by atoms with van der Waals surface area (Å²) in [5.41, 5.74) is 3.47. The maximum absolute atomic E-state index is 13.6. The van der Waals surface area contributed by atoms with Gasteiger partial charge in [-0.3, -0.25) is 4.79 Å². The van der Waals surface area contributed by atoms with Gasteiger partial charge in [0.2, 0.25) is 0 Å². The molecule has 0 spiro atoms. The van der Waals surface area contributed by atoms with Crippen LogP contribution in [0.3, 0.4) is 0 Å². The predicted molar refractivity (Wildman–Crippen MR) is 119 cm³/mol. The normalized spacial score (nSPS) is 23.8. The van der Waals surface area contributed by atoms with Crippen LogP contribution in [-0.4, -0.2) is 38.8 Å². The van der Waals surface area contributed by atoms with Crippen LogP contribution in [0.5, 0.6) is 28.7 Å². The van der Waals surface area contributed by atoms with Crippen molar-refractivity contribution < 1.29 is 28.5 Å². The van der Waals surface area contributed by atoms with E-state index in [1.807, 2.05) is 29.2 Å². The van der Waals surface area contributed by atoms with Crippen LogP contribution in [0.2, 0.25) is 0 Å². The Kier molecular flexibility index (Phi) is 4.80. The highest BCUT2D eigenvalue weighted by Crippen LogP contribution is 2.49. The fourth-order valence-corrected chi connectivity index (χ4v) is 4.79. The first-order valence-electron chi connectivity index (χ1n) is 9.74. The van der Waals surface area contributed by atoms with Gasteiger partial charge in [-0.1, -0.05) is 22.6 Å². The third-order valence-electron chi connectivity index (χ3n) is 6.00. The zero-order valence-corrected chi connectivity index (χ0v) is 19.0. The molecule has 2 aromatic rings. The lowest BCUT2D eigenvalue weighted by atomic mass is 9.81. The number of carbonyl (C=O) groups is 1. The van der Waals surface area contributed by atoms with E-state index in [1.165, 1.54) is 0 Å². The zero-order chi connectivity index (χ0) is 21.0. The van der Waals surface area contributed by atoms with E-state index >= 15 is 0 Å². The van der Waals surface area contributed by atoms with Gasteiger partial charge < -0.3 is 23.7 Å². The van der Waals surface area contributed by atoms with Crippen LogP contribution >= 0.6 is 22.6 Å². The largest absolute Gasteiger partial charge is 0.493 e. The molecule has 7 heteroatoms. The van der Waals surface area contributed by atoms with Crippen molar-refractivity contribution in [3.63, 3.8) is 0 Å². The summed E-state index contributed by atoms with van der Waals surface area (Å²) in [6.45, 7) is 2.34. The van der Waals surface area contributed by atoms with E-state index in [0.717, 1.165) is 22.4 Å². The lowest BCUT2D eigenvalue weighted by Crippen LogP contribution is -2.43. The summed E-state index contributed by atoms with van der Waals surface area (Å²) in [4.78, 5) is 13.6. The zero-order valence-electron chi connectivity index (χ0n) is 16.9. The van der Waals surface area contributed by atoms with Crippen LogP contribution in [0.1, 0.15) is 34.3 Å². The summed E-state index contributed by atoms with van der Waals surface area (Å²) < 4.78 is 31.2. The van der Waals surface area contributed by atoms with Gasteiger partial charge in [0, 0.05) is 23.6 Å². The lowest BCUT2D eigenvalue weighted by Gasteiger charge is -2.37. The first-order valence-corrected chi connectivity index (χ1v) is 11.0. The van der Waals surface area contributed by atoms with Gasteiger partial charge in [0.1, 0.15) is 36.1 Å². The van der Waals surface area contributed by atoms with Crippen LogP contribution in [0.4, 0.5) is 0 Å². The van der Waals surface area contributed by atoms with E-state index < -0.39 is 12.0 Å². The highest BCUT2D eigenvalue weighted by molar-refractivity contribution is 14.1. The van der Waals surface area contributed by atoms with Gasteiger partial charge in [0.25, 0.3) is 0 Å². The van der Waals surface area contributed by atoms with Crippen molar-refractivity contribution in [1.29, 1.82) is 0 Å². The van der Waals surface area contributed by atoms with Crippen molar-refractivity contribution in [2.45, 2.75) is 31.5 Å². The molecule has 156 valence electrons. The Morgan fingerprint density at radius 1 is 1.13 bits per heavy atom. The number of hydrogen-bond donors (Lipinski definition) is 0. The molecule has 0 aromatic heterocycles. The maximum Gasteiger partial charge on any atom is 0.178 e. The Bertz CT molecular complexity index is 1080. The topological polar surface area (TPSA) is 63.2 Å². The smallest absolute Gasteiger partial charge is 0.178 e. The number of benzene rings is 2. The summed E-state index contributed by atoms with van der Waals surface area (Å²) in [6, 6.07) is 7.28. The van der Waals surface area contributed by atoms with Crippen LogP contribution in [-0.2, 0) is 6.42 Å². The fraction of sp³-hybridized carbons (Fsp3) is 0.348. The van der Waals surface area contributed by atoms with Gasteiger partial charge >= 0.3 is 0 Å². The minimum absolute atomic E-state index is 0.0279.